The predicted octanol–water partition coefficient (Wildman–Crippen LogP) is 6.39. The molecule has 0 aliphatic carbocycles. The first-order valence-electron chi connectivity index (χ1n) is 11.3. The highest BCUT2D eigenvalue weighted by molar-refractivity contribution is 6.37. The molecule has 4 heterocycles. The number of pyridine rings is 1. The third-order valence-corrected chi connectivity index (χ3v) is 7.70. The number of aromatic nitrogens is 3. The highest BCUT2D eigenvalue weighted by Gasteiger charge is 2.49. The lowest BCUT2D eigenvalue weighted by Gasteiger charge is -2.30. The van der Waals surface area contributed by atoms with Crippen molar-refractivity contribution in [2.24, 2.45) is 0 Å². The first kappa shape index (κ1) is 22.8. The van der Waals surface area contributed by atoms with E-state index >= 15 is 4.39 Å². The van der Waals surface area contributed by atoms with Gasteiger partial charge in [0.05, 0.1) is 15.9 Å². The highest BCUT2D eigenvalue weighted by atomic mass is 35.5. The second kappa shape index (κ2) is 8.47. The van der Waals surface area contributed by atoms with Crippen LogP contribution in [0.25, 0.3) is 32.9 Å². The van der Waals surface area contributed by atoms with Crippen LogP contribution in [0, 0.1) is 11.6 Å². The van der Waals surface area contributed by atoms with Crippen molar-refractivity contribution < 1.29 is 17.9 Å². The molecule has 10 heteroatoms. The number of rotatable bonds is 4. The summed E-state index contributed by atoms with van der Waals surface area (Å²) >= 11 is 12.6. The van der Waals surface area contributed by atoms with Gasteiger partial charge in [-0.2, -0.15) is 9.97 Å². The lowest BCUT2D eigenvalue weighted by molar-refractivity contribution is 0.107. The van der Waals surface area contributed by atoms with Gasteiger partial charge in [0, 0.05) is 30.1 Å². The molecule has 4 aromatic rings. The van der Waals surface area contributed by atoms with Crippen LogP contribution < -0.4 is 4.74 Å². The van der Waals surface area contributed by atoms with Gasteiger partial charge in [-0.25, -0.2) is 13.2 Å². The van der Waals surface area contributed by atoms with Crippen molar-refractivity contribution in [3.8, 4) is 17.3 Å². The summed E-state index contributed by atoms with van der Waals surface area (Å²) in [4.78, 5) is 14.8. The van der Waals surface area contributed by atoms with Crippen LogP contribution in [-0.4, -0.2) is 51.3 Å². The smallest absolute Gasteiger partial charge is 0.318 e. The van der Waals surface area contributed by atoms with Crippen molar-refractivity contribution in [1.29, 1.82) is 0 Å². The number of nitrogens with zero attached hydrogens (tertiary/aromatic N) is 4. The van der Waals surface area contributed by atoms with E-state index in [1.54, 1.807) is 24.3 Å². The van der Waals surface area contributed by atoms with Crippen LogP contribution in [0.5, 0.6) is 6.01 Å². The van der Waals surface area contributed by atoms with Crippen molar-refractivity contribution in [2.45, 2.75) is 31.0 Å². The van der Waals surface area contributed by atoms with Gasteiger partial charge in [-0.1, -0.05) is 47.5 Å². The monoisotopic (exact) mass is 518 g/mol. The quantitative estimate of drug-likeness (QED) is 0.293. The fraction of sp³-hybridized carbons (Fsp3) is 0.320. The first-order chi connectivity index (χ1) is 16.9. The van der Waals surface area contributed by atoms with Gasteiger partial charge in [0.2, 0.25) is 0 Å². The normalized spacial score (nSPS) is 22.3. The molecule has 2 aliphatic rings. The Hall–Kier alpha value is -2.68. The summed E-state index contributed by atoms with van der Waals surface area (Å²) in [6, 6.07) is 7.82. The van der Waals surface area contributed by atoms with Gasteiger partial charge in [-0.15, -0.1) is 0 Å². The van der Waals surface area contributed by atoms with E-state index in [0.29, 0.717) is 29.3 Å². The fourth-order valence-electron chi connectivity index (χ4n) is 5.41. The van der Waals surface area contributed by atoms with Crippen molar-refractivity contribution in [3.05, 3.63) is 58.3 Å². The largest absolute Gasteiger partial charge is 0.461 e. The summed E-state index contributed by atoms with van der Waals surface area (Å²) in [6.07, 6.45) is 2.63. The molecule has 2 aromatic heterocycles. The SMILES string of the molecule is Fc1ccc2cccc(-c3ncc4c(Cl)nc(OC[C@]56CCCN5C[C@@H](F)C6)nc4c3F)c2c1Cl. The molecule has 0 N–H and O–H groups in total. The average Bonchev–Trinajstić information content (AvgIpc) is 3.36. The highest BCUT2D eigenvalue weighted by Crippen LogP contribution is 2.41. The molecule has 6 rings (SSSR count). The minimum atomic E-state index is -0.900. The van der Waals surface area contributed by atoms with E-state index in [9.17, 15) is 8.78 Å². The predicted molar refractivity (Wildman–Crippen MR) is 129 cm³/mol. The Morgan fingerprint density at radius 1 is 1.14 bits per heavy atom. The van der Waals surface area contributed by atoms with Crippen LogP contribution >= 0.6 is 23.2 Å². The summed E-state index contributed by atoms with van der Waals surface area (Å²) in [6.45, 7) is 1.40. The lowest BCUT2D eigenvalue weighted by Crippen LogP contribution is -2.43. The van der Waals surface area contributed by atoms with E-state index in [0.717, 1.165) is 19.4 Å². The maximum atomic E-state index is 15.8. The third kappa shape index (κ3) is 3.70. The molecule has 2 fully saturated rings. The number of halogens is 5. The van der Waals surface area contributed by atoms with Gasteiger partial charge < -0.3 is 4.74 Å². The van der Waals surface area contributed by atoms with E-state index in [1.807, 2.05) is 0 Å². The molecule has 2 aromatic carbocycles. The summed E-state index contributed by atoms with van der Waals surface area (Å²) in [5.74, 6) is -1.37. The molecule has 35 heavy (non-hydrogen) atoms. The van der Waals surface area contributed by atoms with Crippen LogP contribution in [0.1, 0.15) is 19.3 Å². The summed E-state index contributed by atoms with van der Waals surface area (Å²) < 4.78 is 50.0. The van der Waals surface area contributed by atoms with Crippen LogP contribution in [0.4, 0.5) is 13.2 Å². The lowest BCUT2D eigenvalue weighted by atomic mass is 9.95. The minimum absolute atomic E-state index is 0.0134. The van der Waals surface area contributed by atoms with Crippen molar-refractivity contribution in [2.75, 3.05) is 19.7 Å². The summed E-state index contributed by atoms with van der Waals surface area (Å²) in [5.41, 5.74) is -0.210. The maximum absolute atomic E-state index is 15.8. The standard InChI is InChI=1S/C25H19Cl2F3N4O/c26-19-17(29)6-5-13-3-1-4-15(18(13)19)21-20(30)22-16(10-31-21)23(27)33-24(32-22)35-12-25-7-2-8-34(25)11-14(28)9-25/h1,3-6,10,14H,2,7-9,11-12H2/t14-,25+/m0/s1. The number of ether oxygens (including phenoxy) is 1. The molecule has 180 valence electrons. The van der Waals surface area contributed by atoms with Gasteiger partial charge >= 0.3 is 6.01 Å². The van der Waals surface area contributed by atoms with Gasteiger partial charge in [0.25, 0.3) is 0 Å². The van der Waals surface area contributed by atoms with E-state index in [1.165, 1.54) is 12.3 Å². The average molecular weight is 519 g/mol. The molecule has 0 saturated carbocycles. The van der Waals surface area contributed by atoms with Gasteiger partial charge in [0.1, 0.15) is 35.0 Å². The Bertz CT molecular complexity index is 1490. The van der Waals surface area contributed by atoms with Crippen LogP contribution in [-0.2, 0) is 0 Å². The van der Waals surface area contributed by atoms with E-state index in [-0.39, 0.29) is 39.4 Å². The van der Waals surface area contributed by atoms with E-state index in [2.05, 4.69) is 19.9 Å². The molecule has 0 bridgehead atoms. The van der Waals surface area contributed by atoms with Crippen molar-refractivity contribution in [1.82, 2.24) is 19.9 Å². The van der Waals surface area contributed by atoms with Gasteiger partial charge in [0.15, 0.2) is 5.82 Å². The number of alkyl halides is 1. The van der Waals surface area contributed by atoms with Crippen LogP contribution in [0.3, 0.4) is 0 Å². The number of hydrogen-bond acceptors (Lipinski definition) is 5. The number of benzene rings is 2. The molecule has 0 unspecified atom stereocenters. The second-order valence-electron chi connectivity index (χ2n) is 9.11. The Labute approximate surface area is 208 Å². The molecular formula is C25H19Cl2F3N4O. The molecule has 2 saturated heterocycles. The van der Waals surface area contributed by atoms with E-state index < -0.39 is 23.3 Å². The maximum Gasteiger partial charge on any atom is 0.318 e. The summed E-state index contributed by atoms with van der Waals surface area (Å²) in [5, 5.41) is 1.07. The zero-order chi connectivity index (χ0) is 24.3. The molecule has 0 spiro atoms. The first-order valence-corrected chi connectivity index (χ1v) is 12.0. The van der Waals surface area contributed by atoms with Gasteiger partial charge in [-0.05, 0) is 30.8 Å². The third-order valence-electron chi connectivity index (χ3n) is 7.04. The molecule has 2 aliphatic heterocycles. The second-order valence-corrected chi connectivity index (χ2v) is 9.85. The van der Waals surface area contributed by atoms with Crippen LogP contribution in [0.15, 0.2) is 36.5 Å². The Balaban J connectivity index is 1.42. The topological polar surface area (TPSA) is 51.1 Å². The van der Waals surface area contributed by atoms with Gasteiger partial charge in [-0.3, -0.25) is 9.88 Å². The summed E-state index contributed by atoms with van der Waals surface area (Å²) in [7, 11) is 0. The molecule has 2 atom stereocenters. The fourth-order valence-corrected chi connectivity index (χ4v) is 5.89. The number of hydrogen-bond donors (Lipinski definition) is 0. The molecular weight excluding hydrogens is 500 g/mol. The minimum Gasteiger partial charge on any atom is -0.461 e. The molecule has 5 nitrogen and oxygen atoms in total. The Kier molecular flexibility index (Phi) is 5.51. The number of fused-ring (bicyclic) bond motifs is 3. The van der Waals surface area contributed by atoms with Crippen LogP contribution in [0.2, 0.25) is 10.2 Å². The molecule has 0 radical (unpaired) electrons. The van der Waals surface area contributed by atoms with E-state index in [4.69, 9.17) is 27.9 Å². The zero-order valence-corrected chi connectivity index (χ0v) is 19.9. The Morgan fingerprint density at radius 3 is 2.86 bits per heavy atom. The molecule has 0 amide bonds. The Morgan fingerprint density at radius 2 is 2.00 bits per heavy atom. The zero-order valence-electron chi connectivity index (χ0n) is 18.4. The van der Waals surface area contributed by atoms with Crippen molar-refractivity contribution in [3.63, 3.8) is 0 Å². The van der Waals surface area contributed by atoms with Crippen molar-refractivity contribution >= 4 is 44.9 Å².